The van der Waals surface area contributed by atoms with Crippen molar-refractivity contribution in [3.05, 3.63) is 57.8 Å². The van der Waals surface area contributed by atoms with Gasteiger partial charge in [0.1, 0.15) is 17.7 Å². The molecule has 22 heavy (non-hydrogen) atoms. The van der Waals surface area contributed by atoms with E-state index in [1.807, 2.05) is 0 Å². The van der Waals surface area contributed by atoms with E-state index < -0.39 is 0 Å². The molecular formula is C15H17FN4O2. The highest BCUT2D eigenvalue weighted by molar-refractivity contribution is 5.06. The summed E-state index contributed by atoms with van der Waals surface area (Å²) in [6.07, 6.45) is 0.939. The fourth-order valence-electron chi connectivity index (χ4n) is 2.50. The van der Waals surface area contributed by atoms with Crippen molar-refractivity contribution in [3.63, 3.8) is 0 Å². The summed E-state index contributed by atoms with van der Waals surface area (Å²) in [5.41, 5.74) is 1.29. The molecule has 116 valence electrons. The van der Waals surface area contributed by atoms with Crippen molar-refractivity contribution < 1.29 is 9.13 Å². The molecule has 0 bridgehead atoms. The maximum Gasteiger partial charge on any atom is 0.251 e. The molecule has 0 radical (unpaired) electrons. The highest BCUT2D eigenvalue weighted by Gasteiger charge is 2.24. The van der Waals surface area contributed by atoms with Crippen LogP contribution in [0.1, 0.15) is 23.3 Å². The summed E-state index contributed by atoms with van der Waals surface area (Å²) >= 11 is 0. The molecule has 1 N–H and O–H groups in total. The Morgan fingerprint density at radius 2 is 2.36 bits per heavy atom. The van der Waals surface area contributed by atoms with Crippen LogP contribution in [0.4, 0.5) is 4.39 Å². The van der Waals surface area contributed by atoms with Crippen LogP contribution in [0.15, 0.2) is 29.2 Å². The summed E-state index contributed by atoms with van der Waals surface area (Å²) in [4.78, 5) is 24.8. The molecule has 1 saturated heterocycles. The fraction of sp³-hybridized carbons (Fsp3) is 0.400. The van der Waals surface area contributed by atoms with Gasteiger partial charge in [0, 0.05) is 31.4 Å². The third kappa shape index (κ3) is 3.55. The number of aromatic nitrogens is 3. The van der Waals surface area contributed by atoms with Gasteiger partial charge in [-0.25, -0.2) is 9.37 Å². The van der Waals surface area contributed by atoms with Crippen LogP contribution >= 0.6 is 0 Å². The van der Waals surface area contributed by atoms with Crippen LogP contribution in [-0.2, 0) is 11.3 Å². The Morgan fingerprint density at radius 3 is 3.09 bits per heavy atom. The molecule has 1 fully saturated rings. The first kappa shape index (κ1) is 14.8. The minimum atomic E-state index is -0.342. The largest absolute Gasteiger partial charge is 0.368 e. The highest BCUT2D eigenvalue weighted by atomic mass is 19.1. The standard InChI is InChI=1S/C15H17FN4O2/c1-10-6-14(21)19-15(18-10)13-9-20(4-5-22-13)8-12-3-2-11(16)7-17-12/h2-3,6-7,13H,4-5,8-9H2,1H3,(H,18,19,21). The van der Waals surface area contributed by atoms with Gasteiger partial charge in [-0.2, -0.15) is 0 Å². The summed E-state index contributed by atoms with van der Waals surface area (Å²) in [6.45, 7) is 4.29. The van der Waals surface area contributed by atoms with Crippen LogP contribution in [-0.4, -0.2) is 39.5 Å². The monoisotopic (exact) mass is 304 g/mol. The molecular weight excluding hydrogens is 287 g/mol. The normalized spacial score (nSPS) is 19.3. The molecule has 0 saturated carbocycles. The predicted octanol–water partition coefficient (Wildman–Crippen LogP) is 1.19. The number of aryl methyl sites for hydroxylation is 1. The Kier molecular flexibility index (Phi) is 4.26. The topological polar surface area (TPSA) is 71.1 Å². The van der Waals surface area contributed by atoms with E-state index in [0.717, 1.165) is 12.2 Å². The summed E-state index contributed by atoms with van der Waals surface area (Å²) in [5.74, 6) is 0.201. The molecule has 1 atom stereocenters. The average molecular weight is 304 g/mol. The van der Waals surface area contributed by atoms with Gasteiger partial charge < -0.3 is 9.72 Å². The van der Waals surface area contributed by atoms with Gasteiger partial charge in [0.05, 0.1) is 18.5 Å². The Labute approximate surface area is 127 Å². The minimum absolute atomic E-state index is 0.177. The second-order valence-electron chi connectivity index (χ2n) is 5.33. The van der Waals surface area contributed by atoms with Gasteiger partial charge in [-0.15, -0.1) is 0 Å². The van der Waals surface area contributed by atoms with E-state index in [1.54, 1.807) is 13.0 Å². The van der Waals surface area contributed by atoms with Gasteiger partial charge in [-0.1, -0.05) is 0 Å². The van der Waals surface area contributed by atoms with Gasteiger partial charge in [0.15, 0.2) is 0 Å². The van der Waals surface area contributed by atoms with Crippen molar-refractivity contribution in [3.8, 4) is 0 Å². The van der Waals surface area contributed by atoms with E-state index in [9.17, 15) is 9.18 Å². The summed E-state index contributed by atoms with van der Waals surface area (Å²) in [7, 11) is 0. The number of hydrogen-bond acceptors (Lipinski definition) is 5. The number of halogens is 1. The number of H-pyrrole nitrogens is 1. The summed E-state index contributed by atoms with van der Waals surface area (Å²) in [6, 6.07) is 4.53. The maximum atomic E-state index is 12.9. The summed E-state index contributed by atoms with van der Waals surface area (Å²) in [5, 5.41) is 0. The molecule has 0 spiro atoms. The molecule has 3 rings (SSSR count). The molecule has 2 aromatic rings. The van der Waals surface area contributed by atoms with Crippen molar-refractivity contribution in [2.75, 3.05) is 19.7 Å². The van der Waals surface area contributed by atoms with Crippen LogP contribution in [0.25, 0.3) is 0 Å². The first-order valence-corrected chi connectivity index (χ1v) is 7.12. The van der Waals surface area contributed by atoms with Crippen molar-refractivity contribution in [2.45, 2.75) is 19.6 Å². The molecule has 6 nitrogen and oxygen atoms in total. The van der Waals surface area contributed by atoms with Crippen LogP contribution < -0.4 is 5.56 Å². The second kappa shape index (κ2) is 6.33. The number of morpholine rings is 1. The van der Waals surface area contributed by atoms with E-state index >= 15 is 0 Å². The molecule has 1 aliphatic rings. The molecule has 2 aromatic heterocycles. The lowest BCUT2D eigenvalue weighted by Gasteiger charge is -2.32. The number of pyridine rings is 1. The van der Waals surface area contributed by atoms with Crippen LogP contribution in [0.5, 0.6) is 0 Å². The van der Waals surface area contributed by atoms with E-state index in [2.05, 4.69) is 19.9 Å². The van der Waals surface area contributed by atoms with E-state index in [-0.39, 0.29) is 17.5 Å². The smallest absolute Gasteiger partial charge is 0.251 e. The van der Waals surface area contributed by atoms with Gasteiger partial charge in [0.2, 0.25) is 0 Å². The molecule has 0 amide bonds. The third-order valence-electron chi connectivity index (χ3n) is 3.52. The van der Waals surface area contributed by atoms with Crippen molar-refractivity contribution in [1.82, 2.24) is 19.9 Å². The minimum Gasteiger partial charge on any atom is -0.368 e. The molecule has 0 aromatic carbocycles. The fourth-order valence-corrected chi connectivity index (χ4v) is 2.50. The van der Waals surface area contributed by atoms with Gasteiger partial charge >= 0.3 is 0 Å². The van der Waals surface area contributed by atoms with Crippen LogP contribution in [0.2, 0.25) is 0 Å². The highest BCUT2D eigenvalue weighted by Crippen LogP contribution is 2.19. The quantitative estimate of drug-likeness (QED) is 0.922. The first-order valence-electron chi connectivity index (χ1n) is 7.12. The number of aromatic amines is 1. The van der Waals surface area contributed by atoms with E-state index in [0.29, 0.717) is 31.2 Å². The Morgan fingerprint density at radius 1 is 1.50 bits per heavy atom. The lowest BCUT2D eigenvalue weighted by atomic mass is 10.2. The number of nitrogens with one attached hydrogen (secondary N) is 1. The zero-order valence-corrected chi connectivity index (χ0v) is 12.3. The molecule has 3 heterocycles. The number of ether oxygens (including phenoxy) is 1. The zero-order valence-electron chi connectivity index (χ0n) is 12.3. The van der Waals surface area contributed by atoms with Crippen molar-refractivity contribution in [2.24, 2.45) is 0 Å². The molecule has 1 aliphatic heterocycles. The van der Waals surface area contributed by atoms with E-state index in [4.69, 9.17) is 4.74 Å². The van der Waals surface area contributed by atoms with Crippen molar-refractivity contribution in [1.29, 1.82) is 0 Å². The average Bonchev–Trinajstić information content (AvgIpc) is 2.49. The number of hydrogen-bond donors (Lipinski definition) is 1. The summed E-state index contributed by atoms with van der Waals surface area (Å²) < 4.78 is 18.6. The van der Waals surface area contributed by atoms with Gasteiger partial charge in [-0.3, -0.25) is 14.7 Å². The molecule has 0 aliphatic carbocycles. The second-order valence-corrected chi connectivity index (χ2v) is 5.33. The van der Waals surface area contributed by atoms with Gasteiger partial charge in [-0.05, 0) is 19.1 Å². The maximum absolute atomic E-state index is 12.9. The van der Waals surface area contributed by atoms with Crippen LogP contribution in [0.3, 0.4) is 0 Å². The lowest BCUT2D eigenvalue weighted by Crippen LogP contribution is -2.39. The van der Waals surface area contributed by atoms with Gasteiger partial charge in [0.25, 0.3) is 5.56 Å². The third-order valence-corrected chi connectivity index (χ3v) is 3.52. The molecule has 7 heteroatoms. The van der Waals surface area contributed by atoms with E-state index in [1.165, 1.54) is 18.3 Å². The Bertz CT molecular complexity index is 701. The Hall–Kier alpha value is -2.12. The van der Waals surface area contributed by atoms with Crippen molar-refractivity contribution >= 4 is 0 Å². The number of rotatable bonds is 3. The first-order chi connectivity index (χ1) is 10.6. The predicted molar refractivity (Wildman–Crippen MR) is 77.8 cm³/mol. The Balaban J connectivity index is 1.71. The lowest BCUT2D eigenvalue weighted by molar-refractivity contribution is -0.0377. The van der Waals surface area contributed by atoms with Crippen LogP contribution in [0, 0.1) is 12.7 Å². The SMILES string of the molecule is Cc1cc(=O)[nH]c(C2CN(Cc3ccc(F)cn3)CCO2)n1. The zero-order chi connectivity index (χ0) is 15.5. The molecule has 1 unspecified atom stereocenters. The number of nitrogens with zero attached hydrogens (tertiary/aromatic N) is 3.